The Kier molecular flexibility index (Phi) is 29.5. The zero-order valence-electron chi connectivity index (χ0n) is 27.5. The first-order chi connectivity index (χ1) is 20.5. The van der Waals surface area contributed by atoms with Gasteiger partial charge in [0, 0.05) is 0 Å². The number of nitrogens with one attached hydrogen (secondary N) is 1. The lowest BCUT2D eigenvalue weighted by Crippen LogP contribution is -2.48. The number of carbonyl (C=O) groups is 1. The first kappa shape index (κ1) is 40.3. The van der Waals surface area contributed by atoms with Crippen molar-refractivity contribution >= 4 is 5.91 Å². The molecule has 0 saturated carbocycles. The lowest BCUT2D eigenvalue weighted by Gasteiger charge is -2.20. The summed E-state index contributed by atoms with van der Waals surface area (Å²) in [5, 5.41) is 32.7. The Balaban J connectivity index is 3.96. The van der Waals surface area contributed by atoms with Crippen LogP contribution in [0.5, 0.6) is 0 Å². The summed E-state index contributed by atoms with van der Waals surface area (Å²) in [5.41, 5.74) is 0. The van der Waals surface area contributed by atoms with E-state index in [2.05, 4.69) is 50.4 Å². The van der Waals surface area contributed by atoms with Crippen LogP contribution in [0.3, 0.4) is 0 Å². The smallest absolute Gasteiger partial charge is 0.253 e. The molecule has 0 fully saturated rings. The summed E-state index contributed by atoms with van der Waals surface area (Å²) >= 11 is 0. The van der Waals surface area contributed by atoms with Crippen molar-refractivity contribution in [2.24, 2.45) is 5.92 Å². The fourth-order valence-corrected chi connectivity index (χ4v) is 5.05. The fourth-order valence-electron chi connectivity index (χ4n) is 5.05. The lowest BCUT2D eigenvalue weighted by molar-refractivity contribution is -0.128. The van der Waals surface area contributed by atoms with Crippen LogP contribution < -0.4 is 5.32 Å². The number of allylic oxidation sites excluding steroid dienone is 6. The number of aliphatic hydroxyl groups is 3. The van der Waals surface area contributed by atoms with Gasteiger partial charge in [-0.3, -0.25) is 4.79 Å². The van der Waals surface area contributed by atoms with Gasteiger partial charge < -0.3 is 20.6 Å². The van der Waals surface area contributed by atoms with E-state index in [0.29, 0.717) is 0 Å². The Labute approximate surface area is 259 Å². The molecular weight excluding hydrogens is 522 g/mol. The maximum absolute atomic E-state index is 12.3. The molecule has 0 unspecified atom stereocenters. The molecule has 0 aliphatic carbocycles. The molecule has 0 aromatic carbocycles. The maximum Gasteiger partial charge on any atom is 0.253 e. The zero-order chi connectivity index (χ0) is 31.1. The minimum absolute atomic E-state index is 0.408. The first-order valence-electron chi connectivity index (χ1n) is 17.4. The molecule has 0 spiro atoms. The average molecular weight is 590 g/mol. The van der Waals surface area contributed by atoms with E-state index in [-0.39, 0.29) is 0 Å². The molecule has 0 bridgehead atoms. The van der Waals surface area contributed by atoms with Gasteiger partial charge in [0.1, 0.15) is 0 Å². The standard InChI is InChI=1S/C37H67NO4/c1-4-6-7-8-9-10-11-12-13-17-20-23-26-30-35(40)34(32-39)38-37(42)36(41)31-27-24-21-18-15-14-16-19-22-25-29-33(3)28-5-2/h11-13,17,26-27,30-31,33-36,39-41H,4-10,14-16,18-25,28-29,32H2,1-3H3,(H,38,42)/b12-11+,17-13+,30-26+,31-27+/t33-,34+,35-,36-/m1/s1. The molecule has 4 N–H and O–H groups in total. The van der Waals surface area contributed by atoms with Crippen molar-refractivity contribution in [3.05, 3.63) is 48.6 Å². The highest BCUT2D eigenvalue weighted by atomic mass is 16.3. The minimum atomic E-state index is -1.29. The highest BCUT2D eigenvalue weighted by Gasteiger charge is 2.21. The monoisotopic (exact) mass is 590 g/mol. The highest BCUT2D eigenvalue weighted by Crippen LogP contribution is 2.16. The number of hydrogen-bond donors (Lipinski definition) is 4. The predicted molar refractivity (Wildman–Crippen MR) is 180 cm³/mol. The van der Waals surface area contributed by atoms with E-state index in [1.807, 2.05) is 12.2 Å². The van der Waals surface area contributed by atoms with Crippen LogP contribution in [0.25, 0.3) is 0 Å². The van der Waals surface area contributed by atoms with Gasteiger partial charge in [-0.2, -0.15) is 0 Å². The van der Waals surface area contributed by atoms with Crippen LogP contribution in [-0.2, 0) is 4.79 Å². The van der Waals surface area contributed by atoms with Gasteiger partial charge in [-0.1, -0.05) is 159 Å². The largest absolute Gasteiger partial charge is 0.394 e. The number of hydrogen-bond acceptors (Lipinski definition) is 4. The van der Waals surface area contributed by atoms with E-state index in [1.54, 1.807) is 6.08 Å². The van der Waals surface area contributed by atoms with Gasteiger partial charge in [-0.25, -0.2) is 0 Å². The van der Waals surface area contributed by atoms with Crippen LogP contribution in [0, 0.1) is 5.92 Å². The third-order valence-electron chi connectivity index (χ3n) is 7.81. The molecule has 5 heteroatoms. The second-order valence-electron chi connectivity index (χ2n) is 12.0. The first-order valence-corrected chi connectivity index (χ1v) is 17.4. The number of amides is 1. The van der Waals surface area contributed by atoms with Crippen molar-refractivity contribution in [2.45, 2.75) is 167 Å². The molecule has 0 rings (SSSR count). The summed E-state index contributed by atoms with van der Waals surface area (Å²) < 4.78 is 0. The third kappa shape index (κ3) is 26.0. The average Bonchev–Trinajstić information content (AvgIpc) is 2.98. The molecule has 1 amide bonds. The molecule has 42 heavy (non-hydrogen) atoms. The Morgan fingerprint density at radius 1 is 0.643 bits per heavy atom. The minimum Gasteiger partial charge on any atom is -0.394 e. The normalized spacial score (nSPS) is 15.3. The molecule has 0 heterocycles. The molecule has 5 nitrogen and oxygen atoms in total. The SMILES string of the molecule is CCCCCCC/C=C/C=C/CC/C=C/[C@@H](O)[C@H](CO)NC(=O)[C@H](O)/C=C/CCCCCCCCCC[C@H](C)CCC. The molecule has 0 aromatic rings. The number of carbonyl (C=O) groups excluding carboxylic acids is 1. The molecule has 0 saturated heterocycles. The summed E-state index contributed by atoms with van der Waals surface area (Å²) in [6, 6.07) is -0.854. The summed E-state index contributed by atoms with van der Waals surface area (Å²) in [6.07, 6.45) is 37.1. The lowest BCUT2D eigenvalue weighted by atomic mass is 9.98. The van der Waals surface area contributed by atoms with E-state index in [4.69, 9.17) is 0 Å². The van der Waals surface area contributed by atoms with Crippen molar-refractivity contribution in [2.75, 3.05) is 6.61 Å². The van der Waals surface area contributed by atoms with E-state index < -0.39 is 30.8 Å². The second kappa shape index (κ2) is 30.8. The van der Waals surface area contributed by atoms with Gasteiger partial charge in [0.15, 0.2) is 6.10 Å². The van der Waals surface area contributed by atoms with Crippen molar-refractivity contribution in [3.8, 4) is 0 Å². The van der Waals surface area contributed by atoms with Crippen LogP contribution in [-0.4, -0.2) is 46.1 Å². The molecule has 244 valence electrons. The van der Waals surface area contributed by atoms with E-state index in [0.717, 1.165) is 44.4 Å². The second-order valence-corrected chi connectivity index (χ2v) is 12.0. The van der Waals surface area contributed by atoms with Gasteiger partial charge in [-0.15, -0.1) is 0 Å². The maximum atomic E-state index is 12.3. The Morgan fingerprint density at radius 2 is 1.17 bits per heavy atom. The summed E-state index contributed by atoms with van der Waals surface area (Å²) in [6.45, 7) is 6.46. The molecule has 0 radical (unpaired) electrons. The van der Waals surface area contributed by atoms with Gasteiger partial charge in [0.05, 0.1) is 18.8 Å². The van der Waals surface area contributed by atoms with E-state index in [9.17, 15) is 20.1 Å². The van der Waals surface area contributed by atoms with Gasteiger partial charge in [0.25, 0.3) is 5.91 Å². The van der Waals surface area contributed by atoms with E-state index >= 15 is 0 Å². The van der Waals surface area contributed by atoms with Crippen molar-refractivity contribution in [1.29, 1.82) is 0 Å². The van der Waals surface area contributed by atoms with Crippen molar-refractivity contribution in [3.63, 3.8) is 0 Å². The van der Waals surface area contributed by atoms with Gasteiger partial charge in [-0.05, 0) is 44.4 Å². The van der Waals surface area contributed by atoms with Gasteiger partial charge in [0.2, 0.25) is 0 Å². The Morgan fingerprint density at radius 3 is 1.79 bits per heavy atom. The summed E-state index contributed by atoms with van der Waals surface area (Å²) in [7, 11) is 0. The van der Waals surface area contributed by atoms with Crippen molar-refractivity contribution < 1.29 is 20.1 Å². The molecular formula is C37H67NO4. The van der Waals surface area contributed by atoms with Crippen LogP contribution in [0.2, 0.25) is 0 Å². The van der Waals surface area contributed by atoms with Crippen LogP contribution in [0.4, 0.5) is 0 Å². The molecule has 0 aliphatic rings. The summed E-state index contributed by atoms with van der Waals surface area (Å²) in [4.78, 5) is 12.3. The fraction of sp³-hybridized carbons (Fsp3) is 0.757. The summed E-state index contributed by atoms with van der Waals surface area (Å²) in [5.74, 6) is 0.268. The number of unbranched alkanes of at least 4 members (excludes halogenated alkanes) is 14. The highest BCUT2D eigenvalue weighted by molar-refractivity contribution is 5.82. The molecule has 0 aromatic heterocycles. The van der Waals surface area contributed by atoms with Gasteiger partial charge >= 0.3 is 0 Å². The van der Waals surface area contributed by atoms with Crippen LogP contribution in [0.15, 0.2) is 48.6 Å². The number of rotatable bonds is 29. The van der Waals surface area contributed by atoms with E-state index in [1.165, 1.54) is 96.0 Å². The Bertz CT molecular complexity index is 715. The van der Waals surface area contributed by atoms with Crippen molar-refractivity contribution in [1.82, 2.24) is 5.32 Å². The van der Waals surface area contributed by atoms with Crippen LogP contribution >= 0.6 is 0 Å². The van der Waals surface area contributed by atoms with Crippen LogP contribution in [0.1, 0.15) is 149 Å². The third-order valence-corrected chi connectivity index (χ3v) is 7.81. The Hall–Kier alpha value is -1.69. The predicted octanol–water partition coefficient (Wildman–Crippen LogP) is 8.89. The quantitative estimate of drug-likeness (QED) is 0.0398. The molecule has 4 atom stereocenters. The number of aliphatic hydroxyl groups excluding tert-OH is 3. The molecule has 0 aliphatic heterocycles. The topological polar surface area (TPSA) is 89.8 Å². The zero-order valence-corrected chi connectivity index (χ0v) is 27.5.